The maximum atomic E-state index is 13.1. The fourth-order valence-corrected chi connectivity index (χ4v) is 3.41. The van der Waals surface area contributed by atoms with Crippen LogP contribution in [0.3, 0.4) is 0 Å². The first kappa shape index (κ1) is 25.3. The van der Waals surface area contributed by atoms with Crippen LogP contribution in [0, 0.1) is 6.92 Å². The molecule has 0 saturated carbocycles. The third kappa shape index (κ3) is 7.60. The molecule has 2 rings (SSSR count). The first-order valence-electron chi connectivity index (χ1n) is 9.82. The van der Waals surface area contributed by atoms with Gasteiger partial charge in [-0.1, -0.05) is 40.9 Å². The SMILES string of the molecule is Cc1cc(OCC(=O)N(Cc2ccc(Cl)cc2Cl)[C@@H](C)C(=O)NC(C)(C)C)ccc1Cl. The number of carbonyl (C=O) groups excluding carboxylic acids is 2. The Morgan fingerprint density at radius 1 is 1.06 bits per heavy atom. The Labute approximate surface area is 198 Å². The summed E-state index contributed by atoms with van der Waals surface area (Å²) in [6.45, 7) is 9.07. The van der Waals surface area contributed by atoms with Crippen molar-refractivity contribution in [3.63, 3.8) is 0 Å². The number of aryl methyl sites for hydroxylation is 1. The molecule has 0 radical (unpaired) electrons. The van der Waals surface area contributed by atoms with Crippen LogP contribution in [0.25, 0.3) is 0 Å². The number of benzene rings is 2. The van der Waals surface area contributed by atoms with Gasteiger partial charge in [0.05, 0.1) is 0 Å². The van der Waals surface area contributed by atoms with Crippen LogP contribution < -0.4 is 10.1 Å². The molecule has 0 saturated heterocycles. The monoisotopic (exact) mass is 484 g/mol. The summed E-state index contributed by atoms with van der Waals surface area (Å²) < 4.78 is 5.67. The third-order valence-electron chi connectivity index (χ3n) is 4.51. The van der Waals surface area contributed by atoms with Gasteiger partial charge in [0.25, 0.3) is 5.91 Å². The first-order chi connectivity index (χ1) is 14.4. The average molecular weight is 486 g/mol. The van der Waals surface area contributed by atoms with Crippen LogP contribution in [0.5, 0.6) is 5.75 Å². The second kappa shape index (κ2) is 10.6. The van der Waals surface area contributed by atoms with Crippen molar-refractivity contribution in [3.05, 3.63) is 62.6 Å². The average Bonchev–Trinajstić information content (AvgIpc) is 2.66. The van der Waals surface area contributed by atoms with Gasteiger partial charge in [0.1, 0.15) is 11.8 Å². The Bertz CT molecular complexity index is 958. The number of halogens is 3. The Kier molecular flexibility index (Phi) is 8.64. The zero-order valence-corrected chi connectivity index (χ0v) is 20.5. The molecular weight excluding hydrogens is 459 g/mol. The summed E-state index contributed by atoms with van der Waals surface area (Å²) in [7, 11) is 0. The molecule has 2 aromatic rings. The molecule has 0 aliphatic carbocycles. The fourth-order valence-electron chi connectivity index (χ4n) is 2.83. The molecule has 31 heavy (non-hydrogen) atoms. The van der Waals surface area contributed by atoms with E-state index in [1.54, 1.807) is 43.3 Å². The number of hydrogen-bond acceptors (Lipinski definition) is 3. The lowest BCUT2D eigenvalue weighted by molar-refractivity contribution is -0.142. The van der Waals surface area contributed by atoms with Crippen molar-refractivity contribution < 1.29 is 14.3 Å². The second-order valence-corrected chi connectivity index (χ2v) is 9.62. The van der Waals surface area contributed by atoms with Crippen LogP contribution >= 0.6 is 34.8 Å². The van der Waals surface area contributed by atoms with E-state index in [-0.39, 0.29) is 25.0 Å². The van der Waals surface area contributed by atoms with Crippen molar-refractivity contribution in [1.29, 1.82) is 0 Å². The highest BCUT2D eigenvalue weighted by Gasteiger charge is 2.29. The maximum absolute atomic E-state index is 13.1. The summed E-state index contributed by atoms with van der Waals surface area (Å²) in [5.41, 5.74) is 1.08. The fraction of sp³-hybridized carbons (Fsp3) is 0.391. The van der Waals surface area contributed by atoms with Gasteiger partial charge in [-0.3, -0.25) is 9.59 Å². The van der Waals surface area contributed by atoms with Gasteiger partial charge in [-0.15, -0.1) is 0 Å². The van der Waals surface area contributed by atoms with Crippen molar-refractivity contribution in [1.82, 2.24) is 10.2 Å². The molecule has 0 aromatic heterocycles. The van der Waals surface area contributed by atoms with Crippen molar-refractivity contribution in [2.24, 2.45) is 0 Å². The lowest BCUT2D eigenvalue weighted by Gasteiger charge is -2.31. The van der Waals surface area contributed by atoms with Crippen molar-refractivity contribution in [3.8, 4) is 5.75 Å². The highest BCUT2D eigenvalue weighted by Crippen LogP contribution is 2.24. The molecular formula is C23H27Cl3N2O3. The predicted molar refractivity (Wildman–Crippen MR) is 126 cm³/mol. The van der Waals surface area contributed by atoms with Gasteiger partial charge >= 0.3 is 0 Å². The zero-order chi connectivity index (χ0) is 23.3. The summed E-state index contributed by atoms with van der Waals surface area (Å²) >= 11 is 18.3. The summed E-state index contributed by atoms with van der Waals surface area (Å²) in [5.74, 6) is -0.102. The van der Waals surface area contributed by atoms with Crippen molar-refractivity contribution >= 4 is 46.6 Å². The van der Waals surface area contributed by atoms with E-state index >= 15 is 0 Å². The Hall–Kier alpha value is -1.95. The van der Waals surface area contributed by atoms with Gasteiger partial charge in [-0.2, -0.15) is 0 Å². The number of carbonyl (C=O) groups is 2. The minimum Gasteiger partial charge on any atom is -0.484 e. The van der Waals surface area contributed by atoms with Gasteiger partial charge in [0.2, 0.25) is 5.91 Å². The van der Waals surface area contributed by atoms with Gasteiger partial charge in [-0.05, 0) is 76.1 Å². The van der Waals surface area contributed by atoms with E-state index < -0.39 is 11.6 Å². The summed E-state index contributed by atoms with van der Waals surface area (Å²) in [6, 6.07) is 9.45. The van der Waals surface area contributed by atoms with E-state index in [1.807, 2.05) is 27.7 Å². The lowest BCUT2D eigenvalue weighted by Crippen LogP contribution is -2.53. The van der Waals surface area contributed by atoms with Gasteiger partial charge in [0.15, 0.2) is 6.61 Å². The molecule has 5 nitrogen and oxygen atoms in total. The molecule has 2 aromatic carbocycles. The smallest absolute Gasteiger partial charge is 0.261 e. The van der Waals surface area contributed by atoms with E-state index in [9.17, 15) is 9.59 Å². The largest absolute Gasteiger partial charge is 0.484 e. The number of hydrogen-bond donors (Lipinski definition) is 1. The van der Waals surface area contributed by atoms with Crippen LogP contribution in [-0.4, -0.2) is 34.9 Å². The van der Waals surface area contributed by atoms with E-state index in [0.29, 0.717) is 26.4 Å². The van der Waals surface area contributed by atoms with Crippen LogP contribution in [0.2, 0.25) is 15.1 Å². The molecule has 8 heteroatoms. The number of ether oxygens (including phenoxy) is 1. The molecule has 2 amide bonds. The molecule has 0 heterocycles. The van der Waals surface area contributed by atoms with Crippen LogP contribution in [0.4, 0.5) is 0 Å². The highest BCUT2D eigenvalue weighted by molar-refractivity contribution is 6.35. The molecule has 0 aliphatic rings. The van der Waals surface area contributed by atoms with Gasteiger partial charge in [-0.25, -0.2) is 0 Å². The minimum atomic E-state index is -0.742. The Morgan fingerprint density at radius 2 is 1.74 bits per heavy atom. The topological polar surface area (TPSA) is 58.6 Å². The molecule has 0 aliphatic heterocycles. The minimum absolute atomic E-state index is 0.135. The van der Waals surface area contributed by atoms with E-state index in [0.717, 1.165) is 5.56 Å². The standard InChI is InChI=1S/C23H27Cl3N2O3/c1-14-10-18(8-9-19(14)25)31-13-21(29)28(15(2)22(30)27-23(3,4)5)12-16-6-7-17(24)11-20(16)26/h6-11,15H,12-13H2,1-5H3,(H,27,30)/t15-/m0/s1. The van der Waals surface area contributed by atoms with Gasteiger partial charge < -0.3 is 15.0 Å². The normalized spacial score (nSPS) is 12.3. The Morgan fingerprint density at radius 3 is 2.32 bits per heavy atom. The zero-order valence-electron chi connectivity index (χ0n) is 18.3. The summed E-state index contributed by atoms with van der Waals surface area (Å²) in [6.07, 6.45) is 0. The molecule has 0 unspecified atom stereocenters. The third-order valence-corrected chi connectivity index (χ3v) is 5.52. The summed E-state index contributed by atoms with van der Waals surface area (Å²) in [5, 5.41) is 4.44. The van der Waals surface area contributed by atoms with Crippen molar-refractivity contribution in [2.75, 3.05) is 6.61 Å². The molecule has 168 valence electrons. The quantitative estimate of drug-likeness (QED) is 0.550. The molecule has 0 fully saturated rings. The van der Waals surface area contributed by atoms with E-state index in [1.165, 1.54) is 4.90 Å². The second-order valence-electron chi connectivity index (χ2n) is 8.37. The Balaban J connectivity index is 2.23. The number of nitrogens with one attached hydrogen (secondary N) is 1. The van der Waals surface area contributed by atoms with Crippen LogP contribution in [-0.2, 0) is 16.1 Å². The maximum Gasteiger partial charge on any atom is 0.261 e. The van der Waals surface area contributed by atoms with Crippen molar-refractivity contribution in [2.45, 2.75) is 52.7 Å². The molecule has 1 N–H and O–H groups in total. The highest BCUT2D eigenvalue weighted by atomic mass is 35.5. The predicted octanol–water partition coefficient (Wildman–Crippen LogP) is 5.67. The summed E-state index contributed by atoms with van der Waals surface area (Å²) in [4.78, 5) is 27.3. The van der Waals surface area contributed by atoms with Gasteiger partial charge in [0, 0.05) is 27.2 Å². The lowest BCUT2D eigenvalue weighted by atomic mass is 10.1. The number of nitrogens with zero attached hydrogens (tertiary/aromatic N) is 1. The molecule has 0 spiro atoms. The molecule has 1 atom stereocenters. The number of rotatable bonds is 7. The van der Waals surface area contributed by atoms with Crippen LogP contribution in [0.15, 0.2) is 36.4 Å². The number of amides is 2. The van der Waals surface area contributed by atoms with E-state index in [2.05, 4.69) is 5.32 Å². The molecule has 0 bridgehead atoms. The van der Waals surface area contributed by atoms with Crippen LogP contribution in [0.1, 0.15) is 38.8 Å². The first-order valence-corrected chi connectivity index (χ1v) is 10.9. The van der Waals surface area contributed by atoms with E-state index in [4.69, 9.17) is 39.5 Å².